The molecule has 0 aliphatic carbocycles. The molecule has 0 bridgehead atoms. The van der Waals surface area contributed by atoms with Crippen molar-refractivity contribution in [3.63, 3.8) is 0 Å². The first kappa shape index (κ1) is 18.5. The molecule has 1 aliphatic rings. The number of nitrogens with zero attached hydrogens (tertiary/aromatic N) is 2. The third kappa shape index (κ3) is 3.58. The van der Waals surface area contributed by atoms with Crippen LogP contribution in [0.3, 0.4) is 0 Å². The number of hydrogen-bond acceptors (Lipinski definition) is 2. The number of halogens is 1. The molecule has 0 fully saturated rings. The quantitative estimate of drug-likeness (QED) is 0.425. The first-order valence-electron chi connectivity index (χ1n) is 9.18. The van der Waals surface area contributed by atoms with Gasteiger partial charge in [-0.2, -0.15) is 0 Å². The van der Waals surface area contributed by atoms with Gasteiger partial charge in [-0.1, -0.05) is 67.3 Å². The summed E-state index contributed by atoms with van der Waals surface area (Å²) in [6, 6.07) is 22.8. The first-order chi connectivity index (χ1) is 13.5. The standard InChI is InChI=1S/C25H21BrN2/c1-17-11-13-20(14-12-17)18(2)23-16-28(15-21-7-6-10-25(26)27-21)24-9-5-4-8-22(24)19(23)3/h4-14,16H,2-3,15H2,1H3. The van der Waals surface area contributed by atoms with Crippen molar-refractivity contribution in [3.8, 4) is 0 Å². The topological polar surface area (TPSA) is 16.1 Å². The molecule has 1 aliphatic heterocycles. The lowest BCUT2D eigenvalue weighted by molar-refractivity contribution is 0.906. The molecule has 0 radical (unpaired) electrons. The van der Waals surface area contributed by atoms with Gasteiger partial charge in [-0.25, -0.2) is 4.98 Å². The van der Waals surface area contributed by atoms with Crippen LogP contribution in [0.25, 0.3) is 11.1 Å². The summed E-state index contributed by atoms with van der Waals surface area (Å²) in [6.07, 6.45) is 2.15. The summed E-state index contributed by atoms with van der Waals surface area (Å²) >= 11 is 3.47. The number of fused-ring (bicyclic) bond motifs is 1. The average molecular weight is 429 g/mol. The zero-order chi connectivity index (χ0) is 19.7. The Morgan fingerprint density at radius 2 is 1.75 bits per heavy atom. The SMILES string of the molecule is C=C(C1=CN(Cc2cccc(Br)n2)c2ccccc2C1=C)c1ccc(C)cc1. The molecule has 0 N–H and O–H groups in total. The lowest BCUT2D eigenvalue weighted by atomic mass is 9.87. The molecule has 2 heterocycles. The number of aromatic nitrogens is 1. The summed E-state index contributed by atoms with van der Waals surface area (Å²) in [5.74, 6) is 0. The molecule has 138 valence electrons. The van der Waals surface area contributed by atoms with Crippen molar-refractivity contribution >= 4 is 32.8 Å². The molecule has 2 nitrogen and oxygen atoms in total. The van der Waals surface area contributed by atoms with Crippen LogP contribution in [0, 0.1) is 6.92 Å². The number of para-hydroxylation sites is 1. The zero-order valence-electron chi connectivity index (χ0n) is 15.8. The Balaban J connectivity index is 1.75. The van der Waals surface area contributed by atoms with Gasteiger partial charge in [0.15, 0.2) is 0 Å². The molecule has 0 atom stereocenters. The van der Waals surface area contributed by atoms with Crippen molar-refractivity contribution in [1.29, 1.82) is 0 Å². The van der Waals surface area contributed by atoms with E-state index in [1.807, 2.05) is 18.2 Å². The minimum absolute atomic E-state index is 0.675. The van der Waals surface area contributed by atoms with Gasteiger partial charge in [-0.3, -0.25) is 0 Å². The summed E-state index contributed by atoms with van der Waals surface area (Å²) in [5, 5.41) is 0. The molecule has 4 rings (SSSR count). The van der Waals surface area contributed by atoms with Gasteiger partial charge in [0.25, 0.3) is 0 Å². The summed E-state index contributed by atoms with van der Waals surface area (Å²) < 4.78 is 0.841. The minimum atomic E-state index is 0.675. The largest absolute Gasteiger partial charge is 0.341 e. The number of aryl methyl sites for hydroxylation is 1. The summed E-state index contributed by atoms with van der Waals surface area (Å²) in [7, 11) is 0. The number of allylic oxidation sites excluding steroid dienone is 3. The molecule has 28 heavy (non-hydrogen) atoms. The zero-order valence-corrected chi connectivity index (χ0v) is 17.4. The predicted octanol–water partition coefficient (Wildman–Crippen LogP) is 6.78. The van der Waals surface area contributed by atoms with Crippen LogP contribution in [0.4, 0.5) is 5.69 Å². The normalized spacial score (nSPS) is 13.1. The summed E-state index contributed by atoms with van der Waals surface area (Å²) in [5.41, 5.74) is 8.63. The van der Waals surface area contributed by atoms with Crippen molar-refractivity contribution in [2.45, 2.75) is 13.5 Å². The summed E-state index contributed by atoms with van der Waals surface area (Å²) in [6.45, 7) is 11.5. The lowest BCUT2D eigenvalue weighted by Crippen LogP contribution is -2.22. The van der Waals surface area contributed by atoms with Crippen LogP contribution in [0.1, 0.15) is 22.4 Å². The lowest BCUT2D eigenvalue weighted by Gasteiger charge is -2.31. The van der Waals surface area contributed by atoms with Gasteiger partial charge in [-0.15, -0.1) is 0 Å². The molecule has 0 unspecified atom stereocenters. The monoisotopic (exact) mass is 428 g/mol. The van der Waals surface area contributed by atoms with Crippen LogP contribution >= 0.6 is 15.9 Å². The Morgan fingerprint density at radius 1 is 1.00 bits per heavy atom. The van der Waals surface area contributed by atoms with Gasteiger partial charge < -0.3 is 4.90 Å². The maximum absolute atomic E-state index is 4.60. The molecule has 1 aromatic heterocycles. The first-order valence-corrected chi connectivity index (χ1v) is 9.97. The maximum atomic E-state index is 4.60. The van der Waals surface area contributed by atoms with Gasteiger partial charge in [0, 0.05) is 23.0 Å². The van der Waals surface area contributed by atoms with Crippen LogP contribution in [-0.4, -0.2) is 4.98 Å². The van der Waals surface area contributed by atoms with Crippen LogP contribution in [0.2, 0.25) is 0 Å². The number of rotatable bonds is 4. The fourth-order valence-electron chi connectivity index (χ4n) is 3.44. The average Bonchev–Trinajstić information content (AvgIpc) is 2.70. The van der Waals surface area contributed by atoms with Gasteiger partial charge in [0.2, 0.25) is 0 Å². The molecule has 2 aromatic carbocycles. The second-order valence-corrected chi connectivity index (χ2v) is 7.78. The van der Waals surface area contributed by atoms with Gasteiger partial charge in [0.05, 0.1) is 12.2 Å². The van der Waals surface area contributed by atoms with E-state index < -0.39 is 0 Å². The fourth-order valence-corrected chi connectivity index (χ4v) is 3.82. The Bertz CT molecular complexity index is 1090. The van der Waals surface area contributed by atoms with E-state index in [0.29, 0.717) is 6.54 Å². The van der Waals surface area contributed by atoms with Crippen LogP contribution in [0.5, 0.6) is 0 Å². The van der Waals surface area contributed by atoms with Crippen molar-refractivity contribution < 1.29 is 0 Å². The highest BCUT2D eigenvalue weighted by atomic mass is 79.9. The van der Waals surface area contributed by atoms with Gasteiger partial charge >= 0.3 is 0 Å². The number of benzene rings is 2. The third-order valence-electron chi connectivity index (χ3n) is 4.98. The molecule has 3 heteroatoms. The number of pyridine rings is 1. The van der Waals surface area contributed by atoms with Crippen LogP contribution in [-0.2, 0) is 6.54 Å². The molecular weight excluding hydrogens is 408 g/mol. The minimum Gasteiger partial charge on any atom is -0.341 e. The highest BCUT2D eigenvalue weighted by Crippen LogP contribution is 2.41. The second kappa shape index (κ2) is 7.61. The van der Waals surface area contributed by atoms with Crippen molar-refractivity contribution in [3.05, 3.63) is 119 Å². The summed E-state index contributed by atoms with van der Waals surface area (Å²) in [4.78, 5) is 6.83. The van der Waals surface area contributed by atoms with Crippen molar-refractivity contribution in [2.75, 3.05) is 4.90 Å². The van der Waals surface area contributed by atoms with E-state index in [0.717, 1.165) is 43.8 Å². The number of hydrogen-bond donors (Lipinski definition) is 0. The van der Waals surface area contributed by atoms with Gasteiger partial charge in [0.1, 0.15) is 4.60 Å². The van der Waals surface area contributed by atoms with Crippen molar-refractivity contribution in [2.24, 2.45) is 0 Å². The highest BCUT2D eigenvalue weighted by Gasteiger charge is 2.23. The Labute approximate surface area is 174 Å². The third-order valence-corrected chi connectivity index (χ3v) is 5.42. The smallest absolute Gasteiger partial charge is 0.106 e. The predicted molar refractivity (Wildman–Crippen MR) is 122 cm³/mol. The Kier molecular flexibility index (Phi) is 5.01. The van der Waals surface area contributed by atoms with E-state index in [-0.39, 0.29) is 0 Å². The van der Waals surface area contributed by atoms with Crippen molar-refractivity contribution in [1.82, 2.24) is 4.98 Å². The molecular formula is C25H21BrN2. The molecule has 3 aromatic rings. The Morgan fingerprint density at radius 3 is 2.50 bits per heavy atom. The molecule has 0 saturated heterocycles. The van der Waals surface area contributed by atoms with E-state index in [4.69, 9.17) is 0 Å². The maximum Gasteiger partial charge on any atom is 0.106 e. The Hall–Kier alpha value is -2.91. The van der Waals surface area contributed by atoms with E-state index >= 15 is 0 Å². The van der Waals surface area contributed by atoms with Crippen LogP contribution in [0.15, 0.2) is 96.3 Å². The molecule has 0 amide bonds. The van der Waals surface area contributed by atoms with Crippen LogP contribution < -0.4 is 4.90 Å². The van der Waals surface area contributed by atoms with E-state index in [1.165, 1.54) is 5.56 Å². The van der Waals surface area contributed by atoms with E-state index in [9.17, 15) is 0 Å². The second-order valence-electron chi connectivity index (χ2n) is 6.96. The molecule has 0 saturated carbocycles. The highest BCUT2D eigenvalue weighted by molar-refractivity contribution is 9.10. The molecule has 0 spiro atoms. The van der Waals surface area contributed by atoms with E-state index in [2.05, 4.69) is 101 Å². The fraction of sp³-hybridized carbons (Fsp3) is 0.0800. The van der Waals surface area contributed by atoms with Gasteiger partial charge in [-0.05, 0) is 57.8 Å². The van der Waals surface area contributed by atoms with E-state index in [1.54, 1.807) is 0 Å². The number of anilines is 1.